The summed E-state index contributed by atoms with van der Waals surface area (Å²) in [5.41, 5.74) is 2.61. The van der Waals surface area contributed by atoms with Crippen molar-refractivity contribution in [3.63, 3.8) is 0 Å². The van der Waals surface area contributed by atoms with Gasteiger partial charge in [0.2, 0.25) is 0 Å². The number of rotatable bonds is 5. The Morgan fingerprint density at radius 2 is 1.86 bits per heavy atom. The molecule has 0 spiro atoms. The van der Waals surface area contributed by atoms with Gasteiger partial charge in [0.1, 0.15) is 0 Å². The molecule has 0 bridgehead atoms. The second-order valence-corrected chi connectivity index (χ2v) is 7.67. The van der Waals surface area contributed by atoms with Crippen LogP contribution >= 0.6 is 0 Å². The van der Waals surface area contributed by atoms with Gasteiger partial charge in [0.25, 0.3) is 0 Å². The summed E-state index contributed by atoms with van der Waals surface area (Å²) >= 11 is 0. The van der Waals surface area contributed by atoms with E-state index in [1.807, 2.05) is 41.3 Å². The second-order valence-electron chi connectivity index (χ2n) is 7.67. The molecule has 2 aromatic rings. The SMILES string of the molecule is COC(=O)c1cccc(CN2CC(c3ccccc3)N(C3CCNCC3)C2=O)c1. The summed E-state index contributed by atoms with van der Waals surface area (Å²) in [6.45, 7) is 3.01. The minimum atomic E-state index is -0.363. The topological polar surface area (TPSA) is 61.9 Å². The lowest BCUT2D eigenvalue weighted by atomic mass is 10.00. The third-order valence-electron chi connectivity index (χ3n) is 5.83. The molecule has 6 heteroatoms. The Bertz CT molecular complexity index is 865. The Morgan fingerprint density at radius 1 is 1.10 bits per heavy atom. The number of carbonyl (C=O) groups excluding carboxylic acids is 2. The molecule has 0 aromatic heterocycles. The van der Waals surface area contributed by atoms with E-state index in [2.05, 4.69) is 22.3 Å². The first-order valence-electron chi connectivity index (χ1n) is 10.2. The van der Waals surface area contributed by atoms with Gasteiger partial charge in [-0.25, -0.2) is 9.59 Å². The maximum absolute atomic E-state index is 13.4. The van der Waals surface area contributed by atoms with E-state index in [9.17, 15) is 9.59 Å². The molecule has 2 fully saturated rings. The molecular formula is C23H27N3O3. The van der Waals surface area contributed by atoms with Crippen molar-refractivity contribution in [3.8, 4) is 0 Å². The molecule has 1 N–H and O–H groups in total. The Labute approximate surface area is 171 Å². The Hall–Kier alpha value is -2.86. The van der Waals surface area contributed by atoms with Gasteiger partial charge in [-0.15, -0.1) is 0 Å². The normalized spacial score (nSPS) is 20.2. The number of urea groups is 1. The summed E-state index contributed by atoms with van der Waals surface area (Å²) in [5, 5.41) is 3.39. The molecule has 2 saturated heterocycles. The van der Waals surface area contributed by atoms with E-state index in [1.165, 1.54) is 12.7 Å². The zero-order valence-corrected chi connectivity index (χ0v) is 16.7. The highest BCUT2D eigenvalue weighted by atomic mass is 16.5. The van der Waals surface area contributed by atoms with E-state index >= 15 is 0 Å². The van der Waals surface area contributed by atoms with Gasteiger partial charge in [-0.2, -0.15) is 0 Å². The van der Waals surface area contributed by atoms with E-state index in [0.29, 0.717) is 18.7 Å². The molecule has 0 saturated carbocycles. The summed E-state index contributed by atoms with van der Waals surface area (Å²) in [4.78, 5) is 29.2. The molecule has 2 aliphatic rings. The number of nitrogens with zero attached hydrogens (tertiary/aromatic N) is 2. The summed E-state index contributed by atoms with van der Waals surface area (Å²) in [6.07, 6.45) is 1.95. The lowest BCUT2D eigenvalue weighted by Crippen LogP contribution is -2.45. The Morgan fingerprint density at radius 3 is 2.59 bits per heavy atom. The van der Waals surface area contributed by atoms with Gasteiger partial charge in [-0.1, -0.05) is 42.5 Å². The number of methoxy groups -OCH3 is 1. The minimum absolute atomic E-state index is 0.0515. The van der Waals surface area contributed by atoms with E-state index in [1.54, 1.807) is 6.07 Å². The number of nitrogens with one attached hydrogen (secondary N) is 1. The Balaban J connectivity index is 1.58. The standard InChI is InChI=1S/C23H27N3O3/c1-29-22(27)19-9-5-6-17(14-19)15-25-16-21(18-7-3-2-4-8-18)26(23(25)28)20-10-12-24-13-11-20/h2-9,14,20-21,24H,10-13,15-16H2,1H3. The molecule has 1 unspecified atom stereocenters. The number of amides is 2. The molecule has 2 amide bonds. The molecule has 152 valence electrons. The van der Waals surface area contributed by atoms with Crippen LogP contribution in [0.1, 0.15) is 40.4 Å². The molecule has 4 rings (SSSR count). The third-order valence-corrected chi connectivity index (χ3v) is 5.83. The van der Waals surface area contributed by atoms with Crippen molar-refractivity contribution in [1.82, 2.24) is 15.1 Å². The van der Waals surface area contributed by atoms with Crippen molar-refractivity contribution in [2.45, 2.75) is 31.5 Å². The smallest absolute Gasteiger partial charge is 0.337 e. The van der Waals surface area contributed by atoms with Crippen molar-refractivity contribution in [2.75, 3.05) is 26.7 Å². The number of esters is 1. The Kier molecular flexibility index (Phi) is 5.81. The van der Waals surface area contributed by atoms with Crippen LogP contribution in [0.25, 0.3) is 0 Å². The average molecular weight is 393 g/mol. The van der Waals surface area contributed by atoms with Gasteiger partial charge in [0, 0.05) is 19.1 Å². The molecular weight excluding hydrogens is 366 g/mol. The third kappa shape index (κ3) is 4.12. The van der Waals surface area contributed by atoms with Crippen LogP contribution in [0.3, 0.4) is 0 Å². The summed E-state index contributed by atoms with van der Waals surface area (Å²) in [5.74, 6) is -0.363. The minimum Gasteiger partial charge on any atom is -0.465 e. The fraction of sp³-hybridized carbons (Fsp3) is 0.391. The zero-order chi connectivity index (χ0) is 20.2. The maximum Gasteiger partial charge on any atom is 0.337 e. The van der Waals surface area contributed by atoms with Crippen molar-refractivity contribution < 1.29 is 14.3 Å². The quantitative estimate of drug-likeness (QED) is 0.793. The van der Waals surface area contributed by atoms with Gasteiger partial charge >= 0.3 is 12.0 Å². The van der Waals surface area contributed by atoms with Crippen LogP contribution in [-0.4, -0.2) is 54.6 Å². The average Bonchev–Trinajstić information content (AvgIpc) is 3.10. The fourth-order valence-electron chi connectivity index (χ4n) is 4.38. The van der Waals surface area contributed by atoms with Crippen molar-refractivity contribution in [2.24, 2.45) is 0 Å². The molecule has 29 heavy (non-hydrogen) atoms. The maximum atomic E-state index is 13.4. The van der Waals surface area contributed by atoms with Crippen molar-refractivity contribution in [3.05, 3.63) is 71.3 Å². The molecule has 0 radical (unpaired) electrons. The number of benzene rings is 2. The molecule has 1 atom stereocenters. The fourth-order valence-corrected chi connectivity index (χ4v) is 4.38. The number of hydrogen-bond acceptors (Lipinski definition) is 4. The summed E-state index contributed by atoms with van der Waals surface area (Å²) in [7, 11) is 1.38. The van der Waals surface area contributed by atoms with Gasteiger partial charge in [0.05, 0.1) is 18.7 Å². The second kappa shape index (κ2) is 8.66. The molecule has 0 aliphatic carbocycles. The largest absolute Gasteiger partial charge is 0.465 e. The molecule has 2 aromatic carbocycles. The molecule has 2 heterocycles. The van der Waals surface area contributed by atoms with Crippen LogP contribution in [-0.2, 0) is 11.3 Å². The first-order chi connectivity index (χ1) is 14.2. The van der Waals surface area contributed by atoms with Gasteiger partial charge in [-0.05, 0) is 49.2 Å². The highest BCUT2D eigenvalue weighted by molar-refractivity contribution is 5.89. The highest BCUT2D eigenvalue weighted by Crippen LogP contribution is 2.34. The number of ether oxygens (including phenoxy) is 1. The predicted octanol–water partition coefficient (Wildman–Crippen LogP) is 3.20. The highest BCUT2D eigenvalue weighted by Gasteiger charge is 2.42. The lowest BCUT2D eigenvalue weighted by molar-refractivity contribution is 0.0600. The van der Waals surface area contributed by atoms with Crippen molar-refractivity contribution in [1.29, 1.82) is 0 Å². The van der Waals surface area contributed by atoms with E-state index < -0.39 is 0 Å². The van der Waals surface area contributed by atoms with Gasteiger partial charge in [0.15, 0.2) is 0 Å². The van der Waals surface area contributed by atoms with Crippen LogP contribution in [0, 0.1) is 0 Å². The van der Waals surface area contributed by atoms with Crippen LogP contribution in [0.5, 0.6) is 0 Å². The predicted molar refractivity (Wildman–Crippen MR) is 111 cm³/mol. The lowest BCUT2D eigenvalue weighted by Gasteiger charge is -2.35. The van der Waals surface area contributed by atoms with E-state index in [0.717, 1.165) is 31.5 Å². The summed E-state index contributed by atoms with van der Waals surface area (Å²) < 4.78 is 4.82. The number of piperidine rings is 1. The van der Waals surface area contributed by atoms with Gasteiger partial charge in [-0.3, -0.25) is 0 Å². The monoisotopic (exact) mass is 393 g/mol. The van der Waals surface area contributed by atoms with Crippen LogP contribution < -0.4 is 5.32 Å². The number of carbonyl (C=O) groups is 2. The van der Waals surface area contributed by atoms with Gasteiger partial charge < -0.3 is 19.9 Å². The zero-order valence-electron chi connectivity index (χ0n) is 16.7. The first-order valence-corrected chi connectivity index (χ1v) is 10.2. The number of hydrogen-bond donors (Lipinski definition) is 1. The molecule has 6 nitrogen and oxygen atoms in total. The van der Waals surface area contributed by atoms with Crippen molar-refractivity contribution >= 4 is 12.0 Å². The van der Waals surface area contributed by atoms with Crippen LogP contribution in [0.15, 0.2) is 54.6 Å². The van der Waals surface area contributed by atoms with Crippen LogP contribution in [0.2, 0.25) is 0 Å². The van der Waals surface area contributed by atoms with E-state index in [-0.39, 0.29) is 24.1 Å². The molecule has 2 aliphatic heterocycles. The van der Waals surface area contributed by atoms with Crippen LogP contribution in [0.4, 0.5) is 4.79 Å². The first kappa shape index (κ1) is 19.5. The van der Waals surface area contributed by atoms with E-state index in [4.69, 9.17) is 4.74 Å². The summed E-state index contributed by atoms with van der Waals surface area (Å²) in [6, 6.07) is 18.0.